The van der Waals surface area contributed by atoms with Crippen LogP contribution in [0.2, 0.25) is 0 Å². The Morgan fingerprint density at radius 3 is 2.26 bits per heavy atom. The fraction of sp³-hybridized carbons (Fsp3) is 0.333. The molecule has 0 amide bonds. The van der Waals surface area contributed by atoms with Crippen molar-refractivity contribution in [1.29, 1.82) is 0 Å². The van der Waals surface area contributed by atoms with Crippen LogP contribution in [0.15, 0.2) is 57.3 Å². The number of H-pyrrole nitrogens is 1. The number of allylic oxidation sites excluding steroid dienone is 2. The van der Waals surface area contributed by atoms with E-state index in [0.717, 1.165) is 27.0 Å². The molecular formula is C24H27BrN2O4. The van der Waals surface area contributed by atoms with E-state index in [1.807, 2.05) is 45.0 Å². The molecule has 2 N–H and O–H groups in total. The van der Waals surface area contributed by atoms with E-state index in [1.165, 1.54) is 7.11 Å². The standard InChI is InChI=1S/C24H27BrN2O4/c1-13-12-17(14(2)26-13)10-11-31-24(29)21-16(4)27-15(3)20(23(28)30-5)22(21)18-8-6-7-9-19(18)25/h6-9,12,22,26-27H,10-11H2,1-5H3. The molecule has 2 heterocycles. The quantitative estimate of drug-likeness (QED) is 0.583. The van der Waals surface area contributed by atoms with Crippen molar-refractivity contribution in [2.45, 2.75) is 40.0 Å². The number of aryl methyl sites for hydroxylation is 2. The predicted octanol–water partition coefficient (Wildman–Crippen LogP) is 4.59. The third-order valence-corrected chi connectivity index (χ3v) is 6.19. The molecule has 1 aliphatic rings. The van der Waals surface area contributed by atoms with E-state index in [2.05, 4.69) is 32.3 Å². The van der Waals surface area contributed by atoms with Crippen LogP contribution in [0.1, 0.15) is 42.3 Å². The minimum Gasteiger partial charge on any atom is -0.466 e. The molecule has 0 bridgehead atoms. The van der Waals surface area contributed by atoms with E-state index < -0.39 is 17.9 Å². The van der Waals surface area contributed by atoms with E-state index in [9.17, 15) is 9.59 Å². The molecule has 0 spiro atoms. The molecule has 0 saturated heterocycles. The minimum absolute atomic E-state index is 0.243. The molecule has 31 heavy (non-hydrogen) atoms. The number of hydrogen-bond donors (Lipinski definition) is 2. The van der Waals surface area contributed by atoms with Crippen LogP contribution in [-0.2, 0) is 25.5 Å². The second-order valence-electron chi connectivity index (χ2n) is 7.64. The normalized spacial score (nSPS) is 16.3. The Hall–Kier alpha value is -2.80. The molecule has 0 saturated carbocycles. The van der Waals surface area contributed by atoms with Gasteiger partial charge in [0.25, 0.3) is 0 Å². The zero-order valence-corrected chi connectivity index (χ0v) is 20.0. The Labute approximate surface area is 190 Å². The molecule has 7 heteroatoms. The van der Waals surface area contributed by atoms with Crippen molar-refractivity contribution in [3.8, 4) is 0 Å². The van der Waals surface area contributed by atoms with E-state index >= 15 is 0 Å². The average molecular weight is 487 g/mol. The van der Waals surface area contributed by atoms with Crippen LogP contribution in [0.3, 0.4) is 0 Å². The van der Waals surface area contributed by atoms with Gasteiger partial charge in [0.2, 0.25) is 0 Å². The van der Waals surface area contributed by atoms with Crippen molar-refractivity contribution in [2.24, 2.45) is 0 Å². The Balaban J connectivity index is 1.92. The summed E-state index contributed by atoms with van der Waals surface area (Å²) in [5.41, 5.74) is 6.17. The lowest BCUT2D eigenvalue weighted by atomic mass is 9.80. The molecule has 3 rings (SSSR count). The lowest BCUT2D eigenvalue weighted by Crippen LogP contribution is -2.32. The lowest BCUT2D eigenvalue weighted by Gasteiger charge is -2.30. The molecule has 2 aromatic rings. The number of carbonyl (C=O) groups is 2. The highest BCUT2D eigenvalue weighted by molar-refractivity contribution is 9.10. The first-order valence-electron chi connectivity index (χ1n) is 10.1. The molecule has 1 atom stereocenters. The highest BCUT2D eigenvalue weighted by Gasteiger charge is 2.38. The summed E-state index contributed by atoms with van der Waals surface area (Å²) in [6, 6.07) is 9.60. The van der Waals surface area contributed by atoms with Crippen LogP contribution in [0.5, 0.6) is 0 Å². The first-order valence-corrected chi connectivity index (χ1v) is 10.9. The van der Waals surface area contributed by atoms with Gasteiger partial charge in [-0.3, -0.25) is 0 Å². The SMILES string of the molecule is COC(=O)C1=C(C)NC(C)=C(C(=O)OCCc2cc(C)[nH]c2C)C1c1ccccc1Br. The van der Waals surface area contributed by atoms with Crippen molar-refractivity contribution < 1.29 is 19.1 Å². The molecule has 1 aromatic carbocycles. The molecule has 1 aliphatic heterocycles. The number of methoxy groups -OCH3 is 1. The summed E-state index contributed by atoms with van der Waals surface area (Å²) >= 11 is 3.57. The molecule has 0 fully saturated rings. The maximum Gasteiger partial charge on any atom is 0.336 e. The van der Waals surface area contributed by atoms with Crippen LogP contribution in [-0.4, -0.2) is 30.6 Å². The number of benzene rings is 1. The molecule has 6 nitrogen and oxygen atoms in total. The largest absolute Gasteiger partial charge is 0.466 e. The highest BCUT2D eigenvalue weighted by atomic mass is 79.9. The Morgan fingerprint density at radius 2 is 1.68 bits per heavy atom. The van der Waals surface area contributed by atoms with Gasteiger partial charge >= 0.3 is 11.9 Å². The summed E-state index contributed by atoms with van der Waals surface area (Å²) in [7, 11) is 1.34. The topological polar surface area (TPSA) is 80.4 Å². The van der Waals surface area contributed by atoms with E-state index in [4.69, 9.17) is 9.47 Å². The molecule has 0 radical (unpaired) electrons. The fourth-order valence-corrected chi connectivity index (χ4v) is 4.55. The Morgan fingerprint density at radius 1 is 1.03 bits per heavy atom. The van der Waals surface area contributed by atoms with Crippen molar-refractivity contribution >= 4 is 27.9 Å². The van der Waals surface area contributed by atoms with Gasteiger partial charge in [0, 0.05) is 33.7 Å². The van der Waals surface area contributed by atoms with Gasteiger partial charge in [0.1, 0.15) is 0 Å². The summed E-state index contributed by atoms with van der Waals surface area (Å²) in [6.45, 7) is 7.86. The van der Waals surface area contributed by atoms with Crippen LogP contribution in [0, 0.1) is 13.8 Å². The highest BCUT2D eigenvalue weighted by Crippen LogP contribution is 2.41. The predicted molar refractivity (Wildman–Crippen MR) is 122 cm³/mol. The molecular weight excluding hydrogens is 460 g/mol. The van der Waals surface area contributed by atoms with E-state index in [-0.39, 0.29) is 6.61 Å². The van der Waals surface area contributed by atoms with Gasteiger partial charge in [-0.05, 0) is 51.0 Å². The number of esters is 2. The van der Waals surface area contributed by atoms with Gasteiger partial charge in [-0.15, -0.1) is 0 Å². The number of aromatic amines is 1. The van der Waals surface area contributed by atoms with Crippen molar-refractivity contribution in [1.82, 2.24) is 10.3 Å². The third-order valence-electron chi connectivity index (χ3n) is 5.46. The summed E-state index contributed by atoms with van der Waals surface area (Å²) < 4.78 is 11.5. The number of nitrogens with one attached hydrogen (secondary N) is 2. The summed E-state index contributed by atoms with van der Waals surface area (Å²) in [5, 5.41) is 3.15. The second kappa shape index (κ2) is 9.56. The van der Waals surface area contributed by atoms with Gasteiger partial charge in [0.05, 0.1) is 30.8 Å². The summed E-state index contributed by atoms with van der Waals surface area (Å²) in [5.74, 6) is -1.54. The monoisotopic (exact) mass is 486 g/mol. The fourth-order valence-electron chi connectivity index (χ4n) is 4.04. The maximum atomic E-state index is 13.2. The van der Waals surface area contributed by atoms with Gasteiger partial charge in [-0.1, -0.05) is 34.1 Å². The van der Waals surface area contributed by atoms with Crippen LogP contribution >= 0.6 is 15.9 Å². The number of rotatable bonds is 6. The van der Waals surface area contributed by atoms with Crippen molar-refractivity contribution in [2.75, 3.05) is 13.7 Å². The lowest BCUT2D eigenvalue weighted by molar-refractivity contribution is -0.139. The number of hydrogen-bond acceptors (Lipinski definition) is 5. The number of carbonyl (C=O) groups excluding carboxylic acids is 2. The summed E-state index contributed by atoms with van der Waals surface area (Å²) in [6.07, 6.45) is 0.611. The number of halogens is 1. The Bertz CT molecular complexity index is 1080. The van der Waals surface area contributed by atoms with E-state index in [1.54, 1.807) is 6.92 Å². The van der Waals surface area contributed by atoms with Gasteiger partial charge < -0.3 is 19.8 Å². The number of aromatic nitrogens is 1. The average Bonchev–Trinajstić information content (AvgIpc) is 3.04. The van der Waals surface area contributed by atoms with Gasteiger partial charge in [0.15, 0.2) is 0 Å². The Kier molecular flexibility index (Phi) is 7.05. The number of ether oxygens (including phenoxy) is 2. The first kappa shape index (κ1) is 22.9. The van der Waals surface area contributed by atoms with Crippen LogP contribution < -0.4 is 5.32 Å². The van der Waals surface area contributed by atoms with Crippen LogP contribution in [0.4, 0.5) is 0 Å². The van der Waals surface area contributed by atoms with Gasteiger partial charge in [-0.25, -0.2) is 9.59 Å². The second-order valence-corrected chi connectivity index (χ2v) is 8.49. The van der Waals surface area contributed by atoms with Crippen molar-refractivity contribution in [3.05, 3.63) is 79.9 Å². The molecule has 1 aromatic heterocycles. The third kappa shape index (κ3) is 4.77. The van der Waals surface area contributed by atoms with Crippen LogP contribution in [0.25, 0.3) is 0 Å². The van der Waals surface area contributed by atoms with Crippen molar-refractivity contribution in [3.63, 3.8) is 0 Å². The van der Waals surface area contributed by atoms with Gasteiger partial charge in [-0.2, -0.15) is 0 Å². The minimum atomic E-state index is -0.604. The number of dihydropyridines is 1. The molecule has 1 unspecified atom stereocenters. The first-order chi connectivity index (χ1) is 14.7. The zero-order chi connectivity index (χ0) is 22.7. The summed E-state index contributed by atoms with van der Waals surface area (Å²) in [4.78, 5) is 29.2. The zero-order valence-electron chi connectivity index (χ0n) is 18.4. The molecule has 0 aliphatic carbocycles. The van der Waals surface area contributed by atoms with E-state index in [0.29, 0.717) is 29.0 Å². The smallest absolute Gasteiger partial charge is 0.336 e. The maximum absolute atomic E-state index is 13.2. The molecule has 164 valence electrons.